The summed E-state index contributed by atoms with van der Waals surface area (Å²) in [5.74, 6) is 1.39. The lowest BCUT2D eigenvalue weighted by atomic mass is 10.0. The minimum absolute atomic E-state index is 0.294. The SMILES string of the molecule is CC1C=CC=C(OC(=NS(C)(=O)=O)Oc2ccccc2)C1. The summed E-state index contributed by atoms with van der Waals surface area (Å²) in [5.41, 5.74) is 0. The van der Waals surface area contributed by atoms with Crippen LogP contribution in [-0.2, 0) is 14.8 Å². The molecule has 0 fully saturated rings. The Morgan fingerprint density at radius 1 is 1.24 bits per heavy atom. The molecule has 1 aliphatic carbocycles. The molecule has 112 valence electrons. The Hall–Kier alpha value is -2.08. The third kappa shape index (κ3) is 5.43. The maximum absolute atomic E-state index is 11.4. The number of ether oxygens (including phenoxy) is 2. The molecule has 0 N–H and O–H groups in total. The molecule has 2 rings (SSSR count). The van der Waals surface area contributed by atoms with Gasteiger partial charge in [0.25, 0.3) is 10.0 Å². The van der Waals surface area contributed by atoms with Gasteiger partial charge in [0.15, 0.2) is 0 Å². The molecule has 1 atom stereocenters. The van der Waals surface area contributed by atoms with Crippen molar-refractivity contribution in [2.75, 3.05) is 6.26 Å². The van der Waals surface area contributed by atoms with Crippen molar-refractivity contribution in [1.29, 1.82) is 0 Å². The van der Waals surface area contributed by atoms with E-state index in [2.05, 4.69) is 4.40 Å². The first-order chi connectivity index (χ1) is 9.92. The molecule has 5 nitrogen and oxygen atoms in total. The van der Waals surface area contributed by atoms with Crippen molar-refractivity contribution in [3.05, 3.63) is 54.3 Å². The van der Waals surface area contributed by atoms with Crippen LogP contribution in [0.1, 0.15) is 13.3 Å². The Morgan fingerprint density at radius 3 is 2.57 bits per heavy atom. The molecule has 0 saturated carbocycles. The molecule has 21 heavy (non-hydrogen) atoms. The molecule has 0 saturated heterocycles. The van der Waals surface area contributed by atoms with E-state index in [1.165, 1.54) is 0 Å². The van der Waals surface area contributed by atoms with Gasteiger partial charge in [-0.3, -0.25) is 0 Å². The van der Waals surface area contributed by atoms with Gasteiger partial charge in [-0.25, -0.2) is 8.42 Å². The van der Waals surface area contributed by atoms with Gasteiger partial charge in [0.1, 0.15) is 11.5 Å². The quantitative estimate of drug-likeness (QED) is 0.636. The second-order valence-corrected chi connectivity index (χ2v) is 6.46. The van der Waals surface area contributed by atoms with Crippen molar-refractivity contribution in [3.8, 4) is 5.75 Å². The van der Waals surface area contributed by atoms with E-state index in [0.29, 0.717) is 23.8 Å². The van der Waals surface area contributed by atoms with E-state index in [9.17, 15) is 8.42 Å². The van der Waals surface area contributed by atoms with Gasteiger partial charge in [-0.2, -0.15) is 0 Å². The summed E-state index contributed by atoms with van der Waals surface area (Å²) in [6.07, 6.45) is 7.03. The van der Waals surface area contributed by atoms with Crippen LogP contribution in [0.3, 0.4) is 0 Å². The zero-order valence-corrected chi connectivity index (χ0v) is 12.7. The average Bonchev–Trinajstić information content (AvgIpc) is 2.37. The van der Waals surface area contributed by atoms with Gasteiger partial charge >= 0.3 is 6.08 Å². The van der Waals surface area contributed by atoms with Crippen LogP contribution in [0.15, 0.2) is 58.7 Å². The lowest BCUT2D eigenvalue weighted by molar-refractivity contribution is 0.291. The molecular weight excluding hydrogens is 290 g/mol. The Kier molecular flexibility index (Phi) is 4.80. The molecule has 6 heteroatoms. The summed E-state index contributed by atoms with van der Waals surface area (Å²) in [4.78, 5) is 0. The van der Waals surface area contributed by atoms with Crippen molar-refractivity contribution in [1.82, 2.24) is 0 Å². The first-order valence-electron chi connectivity index (χ1n) is 6.50. The third-order valence-electron chi connectivity index (χ3n) is 2.65. The minimum Gasteiger partial charge on any atom is -0.415 e. The number of sulfonamides is 1. The predicted molar refractivity (Wildman–Crippen MR) is 81.4 cm³/mol. The van der Waals surface area contributed by atoms with Gasteiger partial charge in [-0.1, -0.05) is 41.7 Å². The van der Waals surface area contributed by atoms with Gasteiger partial charge < -0.3 is 9.47 Å². The number of nitrogens with zero attached hydrogens (tertiary/aromatic N) is 1. The second-order valence-electron chi connectivity index (χ2n) is 4.81. The molecule has 0 aromatic heterocycles. The number of para-hydroxylation sites is 1. The fraction of sp³-hybridized carbons (Fsp3) is 0.267. The Labute approximate surface area is 124 Å². The molecule has 0 spiro atoms. The smallest absolute Gasteiger partial charge is 0.410 e. The molecule has 1 aromatic rings. The van der Waals surface area contributed by atoms with Crippen molar-refractivity contribution < 1.29 is 17.9 Å². The van der Waals surface area contributed by atoms with Crippen molar-refractivity contribution in [3.63, 3.8) is 0 Å². The molecule has 1 unspecified atom stereocenters. The van der Waals surface area contributed by atoms with E-state index >= 15 is 0 Å². The number of rotatable bonds is 3. The van der Waals surface area contributed by atoms with Crippen LogP contribution in [0, 0.1) is 5.92 Å². The molecule has 1 aliphatic rings. The number of hydrogen-bond donors (Lipinski definition) is 0. The molecule has 1 aromatic carbocycles. The van der Waals surface area contributed by atoms with Gasteiger partial charge in [0.2, 0.25) is 0 Å². The average molecular weight is 307 g/mol. The topological polar surface area (TPSA) is 65.0 Å². The Morgan fingerprint density at radius 2 is 1.95 bits per heavy atom. The number of benzene rings is 1. The third-order valence-corrected chi connectivity index (χ3v) is 3.13. The highest BCUT2D eigenvalue weighted by atomic mass is 32.2. The van der Waals surface area contributed by atoms with Crippen LogP contribution in [0.25, 0.3) is 0 Å². The van der Waals surface area contributed by atoms with Crippen LogP contribution < -0.4 is 4.74 Å². The summed E-state index contributed by atoms with van der Waals surface area (Å²) in [7, 11) is -3.62. The standard InChI is InChI=1S/C15H17NO4S/c1-12-7-6-10-14(11-12)20-15(16-21(2,17)18)19-13-8-4-3-5-9-13/h3-10,12H,11H2,1-2H3. The maximum atomic E-state index is 11.4. The van der Waals surface area contributed by atoms with Gasteiger partial charge in [0.05, 0.1) is 6.26 Å². The zero-order chi connectivity index (χ0) is 15.3. The largest absolute Gasteiger partial charge is 0.415 e. The Bertz CT molecular complexity index is 675. The highest BCUT2D eigenvalue weighted by molar-refractivity contribution is 7.89. The molecular formula is C15H17NO4S. The molecule has 0 aliphatic heterocycles. The fourth-order valence-corrected chi connectivity index (χ4v) is 2.12. The molecule has 0 bridgehead atoms. The van der Waals surface area contributed by atoms with Crippen LogP contribution in [0.5, 0.6) is 5.75 Å². The minimum atomic E-state index is -3.62. The predicted octanol–water partition coefficient (Wildman–Crippen LogP) is 2.88. The van der Waals surface area contributed by atoms with Crippen LogP contribution in [0.4, 0.5) is 0 Å². The normalized spacial score (nSPS) is 19.0. The van der Waals surface area contributed by atoms with E-state index in [4.69, 9.17) is 9.47 Å². The van der Waals surface area contributed by atoms with Crippen LogP contribution in [-0.4, -0.2) is 20.8 Å². The monoisotopic (exact) mass is 307 g/mol. The van der Waals surface area contributed by atoms with Gasteiger partial charge in [-0.15, -0.1) is 0 Å². The lowest BCUT2D eigenvalue weighted by Crippen LogP contribution is -2.16. The van der Waals surface area contributed by atoms with E-state index in [-0.39, 0.29) is 6.08 Å². The highest BCUT2D eigenvalue weighted by Gasteiger charge is 2.15. The van der Waals surface area contributed by atoms with E-state index < -0.39 is 10.0 Å². The van der Waals surface area contributed by atoms with Gasteiger partial charge in [0, 0.05) is 6.42 Å². The first kappa shape index (κ1) is 15.3. The van der Waals surface area contributed by atoms with Crippen LogP contribution >= 0.6 is 0 Å². The van der Waals surface area contributed by atoms with E-state index in [1.807, 2.05) is 25.1 Å². The second kappa shape index (κ2) is 6.58. The van der Waals surface area contributed by atoms with E-state index in [1.54, 1.807) is 30.3 Å². The highest BCUT2D eigenvalue weighted by Crippen LogP contribution is 2.20. The maximum Gasteiger partial charge on any atom is 0.410 e. The van der Waals surface area contributed by atoms with Crippen molar-refractivity contribution in [2.45, 2.75) is 13.3 Å². The first-order valence-corrected chi connectivity index (χ1v) is 8.35. The number of hydrogen-bond acceptors (Lipinski definition) is 4. The Balaban J connectivity index is 2.19. The lowest BCUT2D eigenvalue weighted by Gasteiger charge is -2.16. The van der Waals surface area contributed by atoms with E-state index in [0.717, 1.165) is 6.26 Å². The summed E-state index contributed by atoms with van der Waals surface area (Å²) < 4.78 is 37.1. The van der Waals surface area contributed by atoms with Crippen molar-refractivity contribution >= 4 is 16.1 Å². The molecule has 0 amide bonds. The van der Waals surface area contributed by atoms with Crippen LogP contribution in [0.2, 0.25) is 0 Å². The summed E-state index contributed by atoms with van der Waals surface area (Å²) >= 11 is 0. The summed E-state index contributed by atoms with van der Waals surface area (Å²) in [6, 6.07) is 8.77. The molecule has 0 heterocycles. The fourth-order valence-electron chi connectivity index (χ4n) is 1.78. The summed E-state index contributed by atoms with van der Waals surface area (Å²) in [5, 5.41) is 0. The zero-order valence-electron chi connectivity index (χ0n) is 11.9. The van der Waals surface area contributed by atoms with Crippen molar-refractivity contribution in [2.24, 2.45) is 10.3 Å². The molecule has 0 radical (unpaired) electrons. The van der Waals surface area contributed by atoms with Gasteiger partial charge in [-0.05, 0) is 24.1 Å². The summed E-state index contributed by atoms with van der Waals surface area (Å²) in [6.45, 7) is 2.04. The number of allylic oxidation sites excluding steroid dienone is 4.